The van der Waals surface area contributed by atoms with Crippen LogP contribution in [0.4, 0.5) is 4.39 Å². The molecule has 2 N–H and O–H groups in total. The topological polar surface area (TPSA) is 126 Å². The largest absolute Gasteiger partial charge is 0.492 e. The number of hydrogen-bond donors (Lipinski definition) is 1. The maximum atomic E-state index is 15.2. The van der Waals surface area contributed by atoms with Gasteiger partial charge in [-0.3, -0.25) is 14.4 Å². The van der Waals surface area contributed by atoms with Gasteiger partial charge in [-0.15, -0.1) is 11.3 Å². The fraction of sp³-hybridized carbons (Fsp3) is 0.240. The van der Waals surface area contributed by atoms with Crippen LogP contribution in [0.5, 0.6) is 5.75 Å². The van der Waals surface area contributed by atoms with E-state index in [0.717, 1.165) is 17.6 Å². The van der Waals surface area contributed by atoms with Crippen LogP contribution in [0, 0.1) is 5.82 Å². The molecule has 186 valence electrons. The second-order valence-electron chi connectivity index (χ2n) is 8.78. The van der Waals surface area contributed by atoms with E-state index in [0.29, 0.717) is 27.8 Å². The van der Waals surface area contributed by atoms with Crippen LogP contribution in [0.15, 0.2) is 35.7 Å². The van der Waals surface area contributed by atoms with Crippen LogP contribution in [0.25, 0.3) is 16.5 Å². The van der Waals surface area contributed by atoms with Gasteiger partial charge in [0.1, 0.15) is 17.3 Å². The number of nitrogens with two attached hydrogens (primary N) is 1. The van der Waals surface area contributed by atoms with Crippen LogP contribution < -0.4 is 10.5 Å². The minimum absolute atomic E-state index is 0.0145. The molecular formula is C25H21FN2O6S2. The Kier molecular flexibility index (Phi) is 5.92. The van der Waals surface area contributed by atoms with E-state index in [-0.39, 0.29) is 53.5 Å². The van der Waals surface area contributed by atoms with Crippen molar-refractivity contribution in [3.63, 3.8) is 0 Å². The predicted octanol–water partition coefficient (Wildman–Crippen LogP) is 3.06. The van der Waals surface area contributed by atoms with Crippen molar-refractivity contribution < 1.29 is 31.9 Å². The van der Waals surface area contributed by atoms with Crippen LogP contribution in [0.2, 0.25) is 0 Å². The van der Waals surface area contributed by atoms with E-state index in [9.17, 15) is 22.8 Å². The van der Waals surface area contributed by atoms with Crippen molar-refractivity contribution in [2.75, 3.05) is 18.6 Å². The summed E-state index contributed by atoms with van der Waals surface area (Å²) in [4.78, 5) is 38.5. The van der Waals surface area contributed by atoms with E-state index in [2.05, 4.69) is 0 Å². The van der Waals surface area contributed by atoms with Gasteiger partial charge in [-0.05, 0) is 23.1 Å². The predicted molar refractivity (Wildman–Crippen MR) is 134 cm³/mol. The van der Waals surface area contributed by atoms with E-state index in [4.69, 9.17) is 10.5 Å². The van der Waals surface area contributed by atoms with Gasteiger partial charge in [-0.1, -0.05) is 18.2 Å². The van der Waals surface area contributed by atoms with Gasteiger partial charge in [0, 0.05) is 42.3 Å². The normalized spacial score (nSPS) is 15.2. The number of benzene rings is 1. The molecule has 0 saturated heterocycles. The molecule has 0 bridgehead atoms. The number of Topliss-reactive ketones (excluding diaryl/α,β-unsaturated/α-hetero) is 2. The Balaban J connectivity index is 1.86. The van der Waals surface area contributed by atoms with E-state index < -0.39 is 33.1 Å². The third-order valence-corrected chi connectivity index (χ3v) is 7.90. The lowest BCUT2D eigenvalue weighted by Gasteiger charge is -2.13. The molecule has 1 aliphatic heterocycles. The molecule has 0 fully saturated rings. The van der Waals surface area contributed by atoms with E-state index >= 15 is 4.39 Å². The molecule has 0 unspecified atom stereocenters. The van der Waals surface area contributed by atoms with Crippen LogP contribution >= 0.6 is 11.3 Å². The quantitative estimate of drug-likeness (QED) is 0.470. The number of fused-ring (bicyclic) bond motifs is 3. The smallest absolute Gasteiger partial charge is 0.258 e. The van der Waals surface area contributed by atoms with Crippen LogP contribution in [0.1, 0.15) is 43.3 Å². The summed E-state index contributed by atoms with van der Waals surface area (Å²) in [5.74, 6) is -2.67. The number of sulfone groups is 1. The number of aromatic nitrogens is 1. The van der Waals surface area contributed by atoms with Gasteiger partial charge >= 0.3 is 0 Å². The van der Waals surface area contributed by atoms with Gasteiger partial charge in [0.25, 0.3) is 5.91 Å². The minimum atomic E-state index is -3.73. The Morgan fingerprint density at radius 2 is 2.06 bits per heavy atom. The number of nitrogens with zero attached hydrogens (tertiary/aromatic N) is 1. The third-order valence-electron chi connectivity index (χ3n) is 6.12. The highest BCUT2D eigenvalue weighted by atomic mass is 32.2. The van der Waals surface area contributed by atoms with Crippen LogP contribution in [0.3, 0.4) is 0 Å². The number of allylic oxidation sites excluding steroid dienone is 4. The van der Waals surface area contributed by atoms with Gasteiger partial charge < -0.3 is 15.0 Å². The molecular weight excluding hydrogens is 507 g/mol. The number of rotatable bonds is 7. The number of ketones is 2. The number of ether oxygens (including phenoxy) is 1. The Bertz CT molecular complexity index is 1640. The Morgan fingerprint density at radius 3 is 2.72 bits per heavy atom. The second kappa shape index (κ2) is 8.82. The summed E-state index contributed by atoms with van der Waals surface area (Å²) in [6.07, 6.45) is 6.32. The van der Waals surface area contributed by atoms with E-state index in [1.807, 2.05) is 0 Å². The highest BCUT2D eigenvalue weighted by Gasteiger charge is 2.34. The van der Waals surface area contributed by atoms with Crippen molar-refractivity contribution in [2.24, 2.45) is 5.73 Å². The molecule has 1 aromatic carbocycles. The first-order valence-corrected chi connectivity index (χ1v) is 14.0. The Morgan fingerprint density at radius 1 is 1.28 bits per heavy atom. The average molecular weight is 529 g/mol. The number of halogens is 1. The first-order chi connectivity index (χ1) is 17.0. The standard InChI is InChI=1S/C25H21FN2O6S2/c1-36(32,33)12-19(30)23-21(15-4-2-3-5-18(15)29)22-17(9-16(26)14-6-7-34-24(14)22)28(23)10-13-8-20(25(27)31)35-11-13/h2-4,8-9,11H,5-7,10,12H2,1H3,(H2,27,31). The van der Waals surface area contributed by atoms with Crippen molar-refractivity contribution in [2.45, 2.75) is 19.4 Å². The zero-order chi connectivity index (χ0) is 25.8. The Hall–Kier alpha value is -3.57. The summed E-state index contributed by atoms with van der Waals surface area (Å²) in [6.45, 7) is 0.253. The van der Waals surface area contributed by atoms with Crippen LogP contribution in [-0.2, 0) is 27.6 Å². The second-order valence-corrected chi connectivity index (χ2v) is 11.8. The molecule has 0 spiro atoms. The molecule has 1 aliphatic carbocycles. The molecule has 3 heterocycles. The molecule has 11 heteroatoms. The lowest BCUT2D eigenvalue weighted by molar-refractivity contribution is -0.113. The van der Waals surface area contributed by atoms with E-state index in [1.165, 1.54) is 10.6 Å². The lowest BCUT2D eigenvalue weighted by Crippen LogP contribution is -2.21. The molecule has 2 aliphatic rings. The molecule has 5 rings (SSSR count). The number of thiophene rings is 1. The maximum absolute atomic E-state index is 15.2. The molecule has 0 saturated carbocycles. The maximum Gasteiger partial charge on any atom is 0.258 e. The number of primary amides is 1. The summed E-state index contributed by atoms with van der Waals surface area (Å²) in [5.41, 5.74) is 7.05. The van der Waals surface area contributed by atoms with Gasteiger partial charge in [0.2, 0.25) is 0 Å². The number of carbonyl (C=O) groups excluding carboxylic acids is 3. The SMILES string of the molecule is CS(=O)(=O)CC(=O)c1c(C2=CC=CCC2=O)c2c3c(c(F)cc2n1Cc1csc(C(N)=O)c1)CCO3. The van der Waals surface area contributed by atoms with Crippen molar-refractivity contribution in [3.8, 4) is 5.75 Å². The van der Waals surface area contributed by atoms with Crippen molar-refractivity contribution in [1.82, 2.24) is 4.57 Å². The molecule has 36 heavy (non-hydrogen) atoms. The lowest BCUT2D eigenvalue weighted by atomic mass is 9.92. The third kappa shape index (κ3) is 4.18. The highest BCUT2D eigenvalue weighted by molar-refractivity contribution is 7.91. The number of amides is 1. The molecule has 8 nitrogen and oxygen atoms in total. The van der Waals surface area contributed by atoms with Gasteiger partial charge in [0.15, 0.2) is 21.4 Å². The zero-order valence-corrected chi connectivity index (χ0v) is 20.8. The Labute approximate surface area is 209 Å². The molecule has 0 radical (unpaired) electrons. The fourth-order valence-corrected chi connectivity index (χ4v) is 6.06. The monoisotopic (exact) mass is 528 g/mol. The highest BCUT2D eigenvalue weighted by Crippen LogP contribution is 2.44. The van der Waals surface area contributed by atoms with Gasteiger partial charge in [-0.2, -0.15) is 0 Å². The molecule has 2 aromatic heterocycles. The first kappa shape index (κ1) is 24.1. The fourth-order valence-electron chi connectivity index (χ4n) is 4.69. The van der Waals surface area contributed by atoms with Crippen LogP contribution in [-0.4, -0.2) is 49.1 Å². The first-order valence-electron chi connectivity index (χ1n) is 11.0. The van der Waals surface area contributed by atoms with Crippen molar-refractivity contribution in [1.29, 1.82) is 0 Å². The zero-order valence-electron chi connectivity index (χ0n) is 19.2. The number of hydrogen-bond acceptors (Lipinski definition) is 7. The minimum Gasteiger partial charge on any atom is -0.492 e. The summed E-state index contributed by atoms with van der Waals surface area (Å²) in [5, 5.41) is 2.07. The molecule has 1 amide bonds. The van der Waals surface area contributed by atoms with Crippen molar-refractivity contribution in [3.05, 3.63) is 68.8 Å². The van der Waals surface area contributed by atoms with E-state index in [1.54, 1.807) is 29.7 Å². The molecule has 3 aromatic rings. The summed E-state index contributed by atoms with van der Waals surface area (Å²) < 4.78 is 46.7. The summed E-state index contributed by atoms with van der Waals surface area (Å²) in [6, 6.07) is 2.85. The van der Waals surface area contributed by atoms with Gasteiger partial charge in [0.05, 0.1) is 28.1 Å². The van der Waals surface area contributed by atoms with Crippen molar-refractivity contribution >= 4 is 55.1 Å². The molecule has 0 atom stereocenters. The average Bonchev–Trinajstić information content (AvgIpc) is 3.51. The summed E-state index contributed by atoms with van der Waals surface area (Å²) >= 11 is 1.12. The summed E-state index contributed by atoms with van der Waals surface area (Å²) in [7, 11) is -3.73. The van der Waals surface area contributed by atoms with Gasteiger partial charge in [-0.25, -0.2) is 12.8 Å². The number of carbonyl (C=O) groups is 3.